The van der Waals surface area contributed by atoms with Gasteiger partial charge in [0.2, 0.25) is 0 Å². The molecule has 0 saturated heterocycles. The summed E-state index contributed by atoms with van der Waals surface area (Å²) in [6.07, 6.45) is 0. The van der Waals surface area contributed by atoms with E-state index >= 15 is 0 Å². The van der Waals surface area contributed by atoms with Crippen molar-refractivity contribution in [3.8, 4) is 11.8 Å². The van der Waals surface area contributed by atoms with Crippen molar-refractivity contribution in [3.05, 3.63) is 35.2 Å². The van der Waals surface area contributed by atoms with E-state index in [0.717, 1.165) is 11.5 Å². The molecule has 0 heterocycles. The van der Waals surface area contributed by atoms with Crippen LogP contribution in [0.4, 0.5) is 0 Å². The van der Waals surface area contributed by atoms with Crippen LogP contribution in [0.15, 0.2) is 18.2 Å². The largest absolute Gasteiger partial charge is 0.493 e. The van der Waals surface area contributed by atoms with Gasteiger partial charge < -0.3 is 9.84 Å². The maximum Gasteiger partial charge on any atom is 0.120 e. The van der Waals surface area contributed by atoms with Crippen LogP contribution in [0.25, 0.3) is 0 Å². The Bertz CT molecular complexity index is 407. The minimum atomic E-state index is -0.0154. The van der Waals surface area contributed by atoms with E-state index in [-0.39, 0.29) is 6.61 Å². The van der Waals surface area contributed by atoms with E-state index in [2.05, 4.69) is 19.9 Å². The predicted octanol–water partition coefficient (Wildman–Crippen LogP) is 2.53. The van der Waals surface area contributed by atoms with Gasteiger partial charge in [-0.1, -0.05) is 20.8 Å². The summed E-state index contributed by atoms with van der Waals surface area (Å²) < 4.78 is 5.60. The maximum atomic E-state index is 9.10. The van der Waals surface area contributed by atoms with Crippen LogP contribution in [0.3, 0.4) is 0 Å². The normalized spacial score (nSPS) is 10.6. The van der Waals surface area contributed by atoms with Crippen molar-refractivity contribution >= 4 is 0 Å². The standard InChI is InChI=1S/C14H18NO2/c1-10(2)9-17-14-5-12(7-15)4-13(6-14)11(3)8-16/h4-6,10,16H,8-9H2,1-3H3. The highest BCUT2D eigenvalue weighted by atomic mass is 16.5. The SMILES string of the molecule is C[C](CO)c1cc(C#N)cc(OCC(C)C)c1. The van der Waals surface area contributed by atoms with Crippen LogP contribution in [-0.2, 0) is 0 Å². The van der Waals surface area contributed by atoms with Gasteiger partial charge in [0, 0.05) is 5.92 Å². The number of benzene rings is 1. The number of rotatable bonds is 5. The van der Waals surface area contributed by atoms with Crippen molar-refractivity contribution in [2.24, 2.45) is 5.92 Å². The van der Waals surface area contributed by atoms with Gasteiger partial charge in [0.1, 0.15) is 5.75 Å². The second-order valence-corrected chi connectivity index (χ2v) is 4.50. The van der Waals surface area contributed by atoms with Crippen molar-refractivity contribution < 1.29 is 9.84 Å². The molecule has 0 aromatic heterocycles. The average molecular weight is 232 g/mol. The summed E-state index contributed by atoms with van der Waals surface area (Å²) in [5, 5.41) is 18.0. The van der Waals surface area contributed by atoms with E-state index in [0.29, 0.717) is 23.8 Å². The number of hydrogen-bond acceptors (Lipinski definition) is 3. The van der Waals surface area contributed by atoms with Crippen molar-refractivity contribution in [1.29, 1.82) is 5.26 Å². The number of ether oxygens (including phenoxy) is 1. The van der Waals surface area contributed by atoms with Gasteiger partial charge in [-0.2, -0.15) is 5.26 Å². The Balaban J connectivity index is 2.94. The molecule has 0 aliphatic rings. The summed E-state index contributed by atoms with van der Waals surface area (Å²) in [7, 11) is 0. The minimum Gasteiger partial charge on any atom is -0.493 e. The minimum absolute atomic E-state index is 0.0154. The quantitative estimate of drug-likeness (QED) is 0.848. The van der Waals surface area contributed by atoms with Gasteiger partial charge in [-0.25, -0.2) is 0 Å². The highest BCUT2D eigenvalue weighted by Crippen LogP contribution is 2.22. The Morgan fingerprint density at radius 3 is 2.65 bits per heavy atom. The summed E-state index contributed by atoms with van der Waals surface area (Å²) in [6.45, 7) is 6.58. The fourth-order valence-electron chi connectivity index (χ4n) is 1.35. The van der Waals surface area contributed by atoms with E-state index in [4.69, 9.17) is 15.1 Å². The lowest BCUT2D eigenvalue weighted by molar-refractivity contribution is 0.270. The number of nitriles is 1. The van der Waals surface area contributed by atoms with Gasteiger partial charge in [0.25, 0.3) is 0 Å². The Labute approximate surface area is 103 Å². The molecule has 0 bridgehead atoms. The van der Waals surface area contributed by atoms with Gasteiger partial charge in [-0.3, -0.25) is 0 Å². The van der Waals surface area contributed by atoms with Gasteiger partial charge >= 0.3 is 0 Å². The van der Waals surface area contributed by atoms with Crippen LogP contribution in [0.1, 0.15) is 31.9 Å². The zero-order valence-corrected chi connectivity index (χ0v) is 10.5. The molecular weight excluding hydrogens is 214 g/mol. The van der Waals surface area contributed by atoms with Gasteiger partial charge in [-0.05, 0) is 29.7 Å². The van der Waals surface area contributed by atoms with Crippen LogP contribution in [0.2, 0.25) is 0 Å². The lowest BCUT2D eigenvalue weighted by Crippen LogP contribution is -2.06. The molecule has 0 atom stereocenters. The Hall–Kier alpha value is -1.53. The third-order valence-corrected chi connectivity index (χ3v) is 2.35. The zero-order chi connectivity index (χ0) is 12.8. The average Bonchev–Trinajstić information content (AvgIpc) is 2.34. The highest BCUT2D eigenvalue weighted by Gasteiger charge is 2.09. The van der Waals surface area contributed by atoms with Gasteiger partial charge in [0.15, 0.2) is 0 Å². The molecular formula is C14H18NO2. The third-order valence-electron chi connectivity index (χ3n) is 2.35. The fourth-order valence-corrected chi connectivity index (χ4v) is 1.35. The Morgan fingerprint density at radius 1 is 1.41 bits per heavy atom. The molecule has 1 N–H and O–H groups in total. The first-order chi connectivity index (χ1) is 8.06. The van der Waals surface area contributed by atoms with Crippen molar-refractivity contribution in [2.75, 3.05) is 13.2 Å². The van der Waals surface area contributed by atoms with Crippen LogP contribution in [0, 0.1) is 23.2 Å². The topological polar surface area (TPSA) is 53.2 Å². The molecule has 0 fully saturated rings. The van der Waals surface area contributed by atoms with Crippen LogP contribution in [0.5, 0.6) is 5.75 Å². The van der Waals surface area contributed by atoms with Crippen LogP contribution >= 0.6 is 0 Å². The zero-order valence-electron chi connectivity index (χ0n) is 10.5. The Kier molecular flexibility index (Phi) is 4.99. The second kappa shape index (κ2) is 6.27. The maximum absolute atomic E-state index is 9.10. The van der Waals surface area contributed by atoms with E-state index in [1.807, 2.05) is 13.0 Å². The molecule has 1 rings (SSSR count). The van der Waals surface area contributed by atoms with Gasteiger partial charge in [-0.15, -0.1) is 0 Å². The second-order valence-electron chi connectivity index (χ2n) is 4.50. The molecule has 17 heavy (non-hydrogen) atoms. The highest BCUT2D eigenvalue weighted by molar-refractivity contribution is 5.45. The smallest absolute Gasteiger partial charge is 0.120 e. The molecule has 0 aliphatic heterocycles. The number of aliphatic hydroxyl groups excluding tert-OH is 1. The van der Waals surface area contributed by atoms with E-state index < -0.39 is 0 Å². The molecule has 1 radical (unpaired) electrons. The number of hydrogen-bond donors (Lipinski definition) is 1. The molecule has 1 aromatic carbocycles. The van der Waals surface area contributed by atoms with Crippen molar-refractivity contribution in [3.63, 3.8) is 0 Å². The molecule has 3 heteroatoms. The van der Waals surface area contributed by atoms with E-state index in [1.54, 1.807) is 12.1 Å². The van der Waals surface area contributed by atoms with E-state index in [1.165, 1.54) is 0 Å². The van der Waals surface area contributed by atoms with Gasteiger partial charge in [0.05, 0.1) is 24.8 Å². The molecule has 0 aliphatic carbocycles. The van der Waals surface area contributed by atoms with Crippen molar-refractivity contribution in [2.45, 2.75) is 20.8 Å². The molecule has 3 nitrogen and oxygen atoms in total. The summed E-state index contributed by atoms with van der Waals surface area (Å²) in [5.41, 5.74) is 1.40. The van der Waals surface area contributed by atoms with Crippen LogP contribution in [-0.4, -0.2) is 18.3 Å². The first-order valence-electron chi connectivity index (χ1n) is 5.68. The summed E-state index contributed by atoms with van der Waals surface area (Å²) in [6, 6.07) is 7.43. The fraction of sp³-hybridized carbons (Fsp3) is 0.429. The molecule has 1 aromatic rings. The lowest BCUT2D eigenvalue weighted by Gasteiger charge is -2.13. The third kappa shape index (κ3) is 4.08. The molecule has 91 valence electrons. The lowest BCUT2D eigenvalue weighted by atomic mass is 10.00. The molecule has 0 saturated carbocycles. The van der Waals surface area contributed by atoms with Crippen LogP contribution < -0.4 is 4.74 Å². The summed E-state index contributed by atoms with van der Waals surface area (Å²) >= 11 is 0. The summed E-state index contributed by atoms with van der Waals surface area (Å²) in [4.78, 5) is 0. The number of nitrogens with zero attached hydrogens (tertiary/aromatic N) is 1. The number of aliphatic hydroxyl groups is 1. The molecule has 0 unspecified atom stereocenters. The molecule has 0 spiro atoms. The van der Waals surface area contributed by atoms with Crippen molar-refractivity contribution in [1.82, 2.24) is 0 Å². The predicted molar refractivity (Wildman–Crippen MR) is 66.6 cm³/mol. The monoisotopic (exact) mass is 232 g/mol. The molecule has 0 amide bonds. The Morgan fingerprint density at radius 2 is 2.12 bits per heavy atom. The first kappa shape index (κ1) is 13.5. The first-order valence-corrected chi connectivity index (χ1v) is 5.68. The summed E-state index contributed by atoms with van der Waals surface area (Å²) in [5.74, 6) is 1.95. The van der Waals surface area contributed by atoms with E-state index in [9.17, 15) is 0 Å².